The summed E-state index contributed by atoms with van der Waals surface area (Å²) in [5.41, 5.74) is 6.27. The Morgan fingerprint density at radius 2 is 1.86 bits per heavy atom. The fourth-order valence-electron chi connectivity index (χ4n) is 6.95. The number of amides is 2. The number of nitrogens with zero attached hydrogens (tertiary/aromatic N) is 7. The average Bonchev–Trinajstić information content (AvgIpc) is 3.82. The maximum atomic E-state index is 13.8. The Labute approximate surface area is 252 Å². The van der Waals surface area contributed by atoms with Crippen molar-refractivity contribution in [2.75, 3.05) is 50.7 Å². The fraction of sp³-hybridized carbons (Fsp3) is 0.424. The van der Waals surface area contributed by atoms with Crippen molar-refractivity contribution in [1.29, 1.82) is 0 Å². The topological polar surface area (TPSA) is 99.0 Å². The summed E-state index contributed by atoms with van der Waals surface area (Å²) in [7, 11) is 1.86. The van der Waals surface area contributed by atoms with Crippen LogP contribution in [0.5, 0.6) is 0 Å². The van der Waals surface area contributed by atoms with Crippen LogP contribution in [0.4, 0.5) is 5.69 Å². The SMILES string of the molecule is CCNC1=NCc2ccc(N3CC[C@]4(CCN(CC(=O)N5CC=C(c6ccc(-c7ncn(C)n7)cc6)CC5)C4)C3=O)cc21. The number of nitrogens with one attached hydrogen (secondary N) is 1. The molecule has 1 spiro atoms. The molecule has 0 unspecified atom stereocenters. The van der Waals surface area contributed by atoms with Gasteiger partial charge in [-0.05, 0) is 61.6 Å². The van der Waals surface area contributed by atoms with E-state index in [1.807, 2.05) is 16.8 Å². The standard InChI is InChI=1S/C33H38N8O2/c1-3-34-31-28-18-27(9-8-26(28)19-35-31)41-17-13-33(32(41)43)12-16-39(21-33)20-29(42)40-14-10-24(11-15-40)23-4-6-25(7-5-23)30-36-22-38(2)37-30/h4-10,18,22H,3,11-17,19-21H2,1-2H3,(H,34,35)/t33-/m0/s1. The molecule has 1 aromatic heterocycles. The molecule has 3 aromatic rings. The minimum Gasteiger partial charge on any atom is -0.370 e. The lowest BCUT2D eigenvalue weighted by atomic mass is 9.85. The third kappa shape index (κ3) is 5.14. The smallest absolute Gasteiger partial charge is 0.237 e. The molecular formula is C33H38N8O2. The Hall–Kier alpha value is -4.31. The summed E-state index contributed by atoms with van der Waals surface area (Å²) < 4.78 is 1.70. The number of aromatic nitrogens is 3. The Morgan fingerprint density at radius 1 is 1.05 bits per heavy atom. The van der Waals surface area contributed by atoms with Crippen LogP contribution < -0.4 is 10.2 Å². The maximum Gasteiger partial charge on any atom is 0.237 e. The molecule has 5 heterocycles. The molecule has 4 aliphatic rings. The van der Waals surface area contributed by atoms with Gasteiger partial charge < -0.3 is 15.1 Å². The van der Waals surface area contributed by atoms with Crippen molar-refractivity contribution in [3.63, 3.8) is 0 Å². The van der Waals surface area contributed by atoms with Crippen molar-refractivity contribution >= 4 is 28.9 Å². The maximum absolute atomic E-state index is 13.8. The molecule has 2 fully saturated rings. The number of aliphatic imine (C=N–C) groups is 1. The number of rotatable bonds is 6. The Balaban J connectivity index is 0.946. The van der Waals surface area contributed by atoms with Gasteiger partial charge in [-0.25, -0.2) is 4.98 Å². The predicted octanol–water partition coefficient (Wildman–Crippen LogP) is 3.10. The van der Waals surface area contributed by atoms with Crippen molar-refractivity contribution in [1.82, 2.24) is 29.9 Å². The van der Waals surface area contributed by atoms with Gasteiger partial charge in [0.15, 0.2) is 5.82 Å². The highest BCUT2D eigenvalue weighted by Gasteiger charge is 2.51. The van der Waals surface area contributed by atoms with Gasteiger partial charge in [-0.2, -0.15) is 5.10 Å². The van der Waals surface area contributed by atoms with Gasteiger partial charge in [0.1, 0.15) is 12.2 Å². The van der Waals surface area contributed by atoms with Crippen LogP contribution in [-0.4, -0.2) is 88.0 Å². The van der Waals surface area contributed by atoms with Gasteiger partial charge in [0.2, 0.25) is 11.8 Å². The highest BCUT2D eigenvalue weighted by Crippen LogP contribution is 2.43. The quantitative estimate of drug-likeness (QED) is 0.483. The fourth-order valence-corrected chi connectivity index (χ4v) is 6.95. The second-order valence-electron chi connectivity index (χ2n) is 12.1. The normalized spacial score (nSPS) is 21.9. The lowest BCUT2D eigenvalue weighted by molar-refractivity contribution is -0.132. The van der Waals surface area contributed by atoms with Crippen molar-refractivity contribution in [3.8, 4) is 11.4 Å². The molecule has 43 heavy (non-hydrogen) atoms. The average molecular weight is 579 g/mol. The third-order valence-corrected chi connectivity index (χ3v) is 9.39. The van der Waals surface area contributed by atoms with Gasteiger partial charge in [0, 0.05) is 56.6 Å². The van der Waals surface area contributed by atoms with E-state index >= 15 is 0 Å². The van der Waals surface area contributed by atoms with E-state index in [4.69, 9.17) is 0 Å². The molecule has 1 atom stereocenters. The van der Waals surface area contributed by atoms with Crippen LogP contribution in [0, 0.1) is 5.41 Å². The molecular weight excluding hydrogens is 540 g/mol. The molecule has 7 rings (SSSR count). The predicted molar refractivity (Wildman–Crippen MR) is 166 cm³/mol. The van der Waals surface area contributed by atoms with E-state index in [0.717, 1.165) is 60.8 Å². The van der Waals surface area contributed by atoms with Crippen LogP contribution in [0.1, 0.15) is 42.9 Å². The molecule has 0 aliphatic carbocycles. The summed E-state index contributed by atoms with van der Waals surface area (Å²) in [5.74, 6) is 1.97. The molecule has 0 bridgehead atoms. The summed E-state index contributed by atoms with van der Waals surface area (Å²) >= 11 is 0. The highest BCUT2D eigenvalue weighted by atomic mass is 16.2. The first-order valence-electron chi connectivity index (χ1n) is 15.3. The minimum absolute atomic E-state index is 0.139. The molecule has 10 heteroatoms. The molecule has 0 radical (unpaired) electrons. The van der Waals surface area contributed by atoms with E-state index in [9.17, 15) is 9.59 Å². The van der Waals surface area contributed by atoms with E-state index in [0.29, 0.717) is 39.3 Å². The van der Waals surface area contributed by atoms with E-state index in [2.05, 4.69) is 80.8 Å². The van der Waals surface area contributed by atoms with Crippen molar-refractivity contribution in [2.45, 2.75) is 32.7 Å². The third-order valence-electron chi connectivity index (χ3n) is 9.39. The number of anilines is 1. The van der Waals surface area contributed by atoms with Gasteiger partial charge >= 0.3 is 0 Å². The molecule has 0 saturated carbocycles. The zero-order valence-corrected chi connectivity index (χ0v) is 24.9. The number of benzene rings is 2. The first-order chi connectivity index (χ1) is 20.9. The number of likely N-dealkylation sites (tertiary alicyclic amines) is 1. The number of carbonyl (C=O) groups is 2. The van der Waals surface area contributed by atoms with Gasteiger partial charge in [0.05, 0.1) is 18.5 Å². The van der Waals surface area contributed by atoms with Crippen LogP contribution in [0.15, 0.2) is 59.9 Å². The summed E-state index contributed by atoms with van der Waals surface area (Å²) in [6.45, 7) is 7.39. The number of fused-ring (bicyclic) bond motifs is 1. The lowest BCUT2D eigenvalue weighted by Gasteiger charge is -2.29. The van der Waals surface area contributed by atoms with E-state index in [1.54, 1.807) is 11.0 Å². The van der Waals surface area contributed by atoms with Gasteiger partial charge in [-0.15, -0.1) is 0 Å². The molecule has 10 nitrogen and oxygen atoms in total. The molecule has 2 aromatic carbocycles. The van der Waals surface area contributed by atoms with Crippen molar-refractivity contribution in [2.24, 2.45) is 17.5 Å². The van der Waals surface area contributed by atoms with Gasteiger partial charge in [-0.3, -0.25) is 24.2 Å². The second kappa shape index (κ2) is 11.1. The molecule has 1 N–H and O–H groups in total. The summed E-state index contributed by atoms with van der Waals surface area (Å²) in [6.07, 6.45) is 6.32. The summed E-state index contributed by atoms with van der Waals surface area (Å²) in [5, 5.41) is 7.72. The number of hydrogen-bond acceptors (Lipinski definition) is 7. The van der Waals surface area contributed by atoms with Crippen LogP contribution >= 0.6 is 0 Å². The second-order valence-corrected chi connectivity index (χ2v) is 12.1. The first kappa shape index (κ1) is 27.5. The first-order valence-corrected chi connectivity index (χ1v) is 15.3. The number of carbonyl (C=O) groups excluding carboxylic acids is 2. The monoisotopic (exact) mass is 578 g/mol. The Kier molecular flexibility index (Phi) is 7.09. The number of aryl methyl sites for hydroxylation is 1. The van der Waals surface area contributed by atoms with Crippen LogP contribution in [-0.2, 0) is 23.2 Å². The largest absolute Gasteiger partial charge is 0.370 e. The van der Waals surface area contributed by atoms with E-state index in [1.165, 1.54) is 16.7 Å². The highest BCUT2D eigenvalue weighted by molar-refractivity contribution is 6.05. The van der Waals surface area contributed by atoms with Gasteiger partial charge in [0.25, 0.3) is 0 Å². The summed E-state index contributed by atoms with van der Waals surface area (Å²) in [4.78, 5) is 42.1. The molecule has 2 saturated heterocycles. The van der Waals surface area contributed by atoms with Crippen molar-refractivity contribution in [3.05, 3.63) is 71.6 Å². The van der Waals surface area contributed by atoms with Crippen LogP contribution in [0.2, 0.25) is 0 Å². The van der Waals surface area contributed by atoms with Crippen LogP contribution in [0.25, 0.3) is 17.0 Å². The molecule has 4 aliphatic heterocycles. The zero-order chi connectivity index (χ0) is 29.6. The van der Waals surface area contributed by atoms with E-state index < -0.39 is 5.41 Å². The lowest BCUT2D eigenvalue weighted by Crippen LogP contribution is -2.43. The summed E-state index contributed by atoms with van der Waals surface area (Å²) in [6, 6.07) is 14.6. The van der Waals surface area contributed by atoms with Crippen LogP contribution in [0.3, 0.4) is 0 Å². The number of hydrogen-bond donors (Lipinski definition) is 1. The zero-order valence-electron chi connectivity index (χ0n) is 24.9. The molecule has 222 valence electrons. The minimum atomic E-state index is -0.399. The van der Waals surface area contributed by atoms with E-state index in [-0.39, 0.29) is 11.8 Å². The molecule has 2 amide bonds. The Morgan fingerprint density at radius 3 is 2.60 bits per heavy atom. The Bertz CT molecular complexity index is 1620. The number of amidine groups is 1. The van der Waals surface area contributed by atoms with Gasteiger partial charge in [-0.1, -0.05) is 36.4 Å². The van der Waals surface area contributed by atoms with Crippen molar-refractivity contribution < 1.29 is 9.59 Å².